The lowest BCUT2D eigenvalue weighted by molar-refractivity contribution is 0.351. The summed E-state index contributed by atoms with van der Waals surface area (Å²) in [5, 5.41) is 3.65. The fraction of sp³-hybridized carbons (Fsp3) is 0.857. The van der Waals surface area contributed by atoms with Crippen LogP contribution in [0.15, 0.2) is 12.7 Å². The van der Waals surface area contributed by atoms with Crippen molar-refractivity contribution in [3.8, 4) is 0 Å². The molecule has 1 heterocycles. The smallest absolute Gasteiger partial charge is 0.00697 e. The summed E-state index contributed by atoms with van der Waals surface area (Å²) in [4.78, 5) is 0. The summed E-state index contributed by atoms with van der Waals surface area (Å²) in [6.07, 6.45) is 10.1. The van der Waals surface area contributed by atoms with Gasteiger partial charge in [0.1, 0.15) is 0 Å². The summed E-state index contributed by atoms with van der Waals surface area (Å²) in [6, 6.07) is 0.748. The van der Waals surface area contributed by atoms with Gasteiger partial charge < -0.3 is 5.32 Å². The van der Waals surface area contributed by atoms with Crippen molar-refractivity contribution >= 4 is 11.8 Å². The molecule has 1 nitrogen and oxygen atoms in total. The minimum Gasteiger partial charge on any atom is -0.314 e. The number of unbranched alkanes of at least 4 members (excludes halogenated alkanes) is 1. The van der Waals surface area contributed by atoms with Gasteiger partial charge in [-0.3, -0.25) is 0 Å². The molecule has 0 radical (unpaired) electrons. The number of hydrogen-bond acceptors (Lipinski definition) is 2. The zero-order valence-electron chi connectivity index (χ0n) is 10.7. The first-order chi connectivity index (χ1) is 7.86. The van der Waals surface area contributed by atoms with Crippen LogP contribution >= 0.6 is 11.8 Å². The molecule has 0 aromatic heterocycles. The van der Waals surface area contributed by atoms with E-state index in [9.17, 15) is 0 Å². The molecule has 1 saturated heterocycles. The number of allylic oxidation sites excluding steroid dienone is 1. The van der Waals surface area contributed by atoms with Crippen molar-refractivity contribution in [3.63, 3.8) is 0 Å². The summed E-state index contributed by atoms with van der Waals surface area (Å²) in [5.74, 6) is 3.75. The van der Waals surface area contributed by atoms with Crippen molar-refractivity contribution in [2.24, 2.45) is 5.92 Å². The maximum atomic E-state index is 3.80. The highest BCUT2D eigenvalue weighted by Gasteiger charge is 2.18. The lowest BCUT2D eigenvalue weighted by Gasteiger charge is -2.26. The molecule has 0 aromatic rings. The minimum atomic E-state index is 0.748. The molecule has 1 N–H and O–H groups in total. The van der Waals surface area contributed by atoms with Crippen LogP contribution < -0.4 is 5.32 Å². The summed E-state index contributed by atoms with van der Waals surface area (Å²) in [5.41, 5.74) is 0. The van der Waals surface area contributed by atoms with Gasteiger partial charge in [-0.1, -0.05) is 13.0 Å². The Balaban J connectivity index is 2.21. The zero-order chi connectivity index (χ0) is 11.6. The molecule has 1 aliphatic rings. The molecule has 1 unspecified atom stereocenters. The van der Waals surface area contributed by atoms with Crippen LogP contribution in [0.5, 0.6) is 0 Å². The van der Waals surface area contributed by atoms with Gasteiger partial charge in [0.15, 0.2) is 0 Å². The fourth-order valence-corrected chi connectivity index (χ4v) is 3.69. The highest BCUT2D eigenvalue weighted by atomic mass is 32.2. The molecule has 0 aliphatic carbocycles. The molecule has 1 rings (SSSR count). The highest BCUT2D eigenvalue weighted by Crippen LogP contribution is 2.27. The standard InChI is InChI=1S/C14H27NS/c1-3-5-6-7-14(15-4-2)12-13-8-10-16-11-9-13/h3,13-15H,1,4-12H2,2H3. The lowest BCUT2D eigenvalue weighted by atomic mass is 9.92. The maximum absolute atomic E-state index is 3.80. The predicted molar refractivity (Wildman–Crippen MR) is 76.2 cm³/mol. The monoisotopic (exact) mass is 241 g/mol. The van der Waals surface area contributed by atoms with Gasteiger partial charge >= 0.3 is 0 Å². The van der Waals surface area contributed by atoms with Crippen LogP contribution in [0.1, 0.15) is 45.4 Å². The molecule has 2 heteroatoms. The Morgan fingerprint density at radius 3 is 2.81 bits per heavy atom. The SMILES string of the molecule is C=CCCCC(CC1CCSCC1)NCC. The Morgan fingerprint density at radius 2 is 2.19 bits per heavy atom. The van der Waals surface area contributed by atoms with Gasteiger partial charge in [0.2, 0.25) is 0 Å². The second-order valence-electron chi connectivity index (χ2n) is 4.77. The second-order valence-corrected chi connectivity index (χ2v) is 5.99. The maximum Gasteiger partial charge on any atom is 0.00697 e. The Morgan fingerprint density at radius 1 is 1.44 bits per heavy atom. The number of nitrogens with one attached hydrogen (secondary N) is 1. The largest absolute Gasteiger partial charge is 0.314 e. The van der Waals surface area contributed by atoms with Crippen molar-refractivity contribution in [3.05, 3.63) is 12.7 Å². The van der Waals surface area contributed by atoms with Crippen LogP contribution in [0.3, 0.4) is 0 Å². The third-order valence-electron chi connectivity index (χ3n) is 3.41. The molecule has 1 atom stereocenters. The van der Waals surface area contributed by atoms with Crippen LogP contribution in [0.2, 0.25) is 0 Å². The van der Waals surface area contributed by atoms with Crippen LogP contribution in [0.4, 0.5) is 0 Å². The van der Waals surface area contributed by atoms with Crippen molar-refractivity contribution in [1.29, 1.82) is 0 Å². The Kier molecular flexibility index (Phi) is 8.04. The van der Waals surface area contributed by atoms with Crippen molar-refractivity contribution < 1.29 is 0 Å². The lowest BCUT2D eigenvalue weighted by Crippen LogP contribution is -2.32. The van der Waals surface area contributed by atoms with Crippen LogP contribution in [0.25, 0.3) is 0 Å². The molecular formula is C14H27NS. The Labute approximate surface area is 105 Å². The minimum absolute atomic E-state index is 0.748. The van der Waals surface area contributed by atoms with Gasteiger partial charge in [0.05, 0.1) is 0 Å². The molecule has 94 valence electrons. The van der Waals surface area contributed by atoms with E-state index < -0.39 is 0 Å². The van der Waals surface area contributed by atoms with Gasteiger partial charge in [-0.15, -0.1) is 6.58 Å². The molecule has 1 fully saturated rings. The van der Waals surface area contributed by atoms with Gasteiger partial charge in [-0.25, -0.2) is 0 Å². The van der Waals surface area contributed by atoms with Gasteiger partial charge in [-0.2, -0.15) is 11.8 Å². The van der Waals surface area contributed by atoms with Crippen LogP contribution in [-0.4, -0.2) is 24.1 Å². The normalized spacial score (nSPS) is 19.6. The predicted octanol–water partition coefficient (Wildman–Crippen LogP) is 3.85. The quantitative estimate of drug-likeness (QED) is 0.512. The van der Waals surface area contributed by atoms with Crippen molar-refractivity contribution in [1.82, 2.24) is 5.32 Å². The number of thioether (sulfide) groups is 1. The van der Waals surface area contributed by atoms with E-state index in [2.05, 4.69) is 30.6 Å². The first kappa shape index (κ1) is 14.1. The van der Waals surface area contributed by atoms with E-state index in [1.165, 1.54) is 50.0 Å². The summed E-state index contributed by atoms with van der Waals surface area (Å²) in [6.45, 7) is 7.13. The molecule has 0 saturated carbocycles. The summed E-state index contributed by atoms with van der Waals surface area (Å²) >= 11 is 2.13. The average Bonchev–Trinajstić information content (AvgIpc) is 2.31. The van der Waals surface area contributed by atoms with Crippen molar-refractivity contribution in [2.45, 2.75) is 51.5 Å². The third kappa shape index (κ3) is 5.95. The Hall–Kier alpha value is 0.0500. The number of hydrogen-bond donors (Lipinski definition) is 1. The summed E-state index contributed by atoms with van der Waals surface area (Å²) < 4.78 is 0. The van der Waals surface area contributed by atoms with Crippen LogP contribution in [-0.2, 0) is 0 Å². The van der Waals surface area contributed by atoms with E-state index in [1.54, 1.807) is 0 Å². The molecule has 0 spiro atoms. The second kappa shape index (κ2) is 9.12. The molecule has 0 amide bonds. The molecule has 0 aromatic carbocycles. The van der Waals surface area contributed by atoms with E-state index in [-0.39, 0.29) is 0 Å². The van der Waals surface area contributed by atoms with Gasteiger partial charge in [0.25, 0.3) is 0 Å². The number of rotatable bonds is 8. The van der Waals surface area contributed by atoms with E-state index in [0.29, 0.717) is 0 Å². The molecule has 1 aliphatic heterocycles. The van der Waals surface area contributed by atoms with Gasteiger partial charge in [0, 0.05) is 6.04 Å². The van der Waals surface area contributed by atoms with Crippen LogP contribution in [0, 0.1) is 5.92 Å². The topological polar surface area (TPSA) is 12.0 Å². The van der Waals surface area contributed by atoms with E-state index in [0.717, 1.165) is 18.5 Å². The van der Waals surface area contributed by atoms with E-state index in [4.69, 9.17) is 0 Å². The molecule has 0 bridgehead atoms. The van der Waals surface area contributed by atoms with Gasteiger partial charge in [-0.05, 0) is 62.5 Å². The summed E-state index contributed by atoms with van der Waals surface area (Å²) in [7, 11) is 0. The highest BCUT2D eigenvalue weighted by molar-refractivity contribution is 7.99. The van der Waals surface area contributed by atoms with E-state index in [1.807, 2.05) is 6.08 Å². The molecular weight excluding hydrogens is 214 g/mol. The first-order valence-electron chi connectivity index (χ1n) is 6.78. The first-order valence-corrected chi connectivity index (χ1v) is 7.94. The zero-order valence-corrected chi connectivity index (χ0v) is 11.5. The fourth-order valence-electron chi connectivity index (χ4n) is 2.48. The van der Waals surface area contributed by atoms with E-state index >= 15 is 0 Å². The van der Waals surface area contributed by atoms with Crippen molar-refractivity contribution in [2.75, 3.05) is 18.1 Å². The Bertz CT molecular complexity index is 176. The average molecular weight is 241 g/mol. The molecule has 16 heavy (non-hydrogen) atoms. The third-order valence-corrected chi connectivity index (χ3v) is 4.46.